The number of rotatable bonds is 14. The zero-order valence-corrected chi connectivity index (χ0v) is 16.1. The minimum Gasteiger partial charge on any atom is -0.466 e. The van der Waals surface area contributed by atoms with Crippen LogP contribution in [0.4, 0.5) is 8.78 Å². The summed E-state index contributed by atoms with van der Waals surface area (Å²) in [6.07, 6.45) is 9.42. The molecule has 0 atom stereocenters. The molecule has 0 aliphatic carbocycles. The summed E-state index contributed by atoms with van der Waals surface area (Å²) in [5, 5.41) is 0. The van der Waals surface area contributed by atoms with E-state index in [1.165, 1.54) is 32.1 Å². The highest BCUT2D eigenvalue weighted by Gasteiger charge is 2.09. The molecule has 0 aromatic heterocycles. The molecule has 0 bridgehead atoms. The molecule has 152 valence electrons. The quantitative estimate of drug-likeness (QED) is 0.234. The Morgan fingerprint density at radius 1 is 0.778 bits per heavy atom. The van der Waals surface area contributed by atoms with Crippen LogP contribution in [-0.4, -0.2) is 18.5 Å². The smallest absolute Gasteiger partial charge is 0.311 e. The first-order valence-corrected chi connectivity index (χ1v) is 9.83. The zero-order chi connectivity index (χ0) is 19.9. The van der Waals surface area contributed by atoms with Crippen molar-refractivity contribution < 1.29 is 27.8 Å². The summed E-state index contributed by atoms with van der Waals surface area (Å²) in [7, 11) is 0. The molecule has 0 unspecified atom stereocenters. The largest absolute Gasteiger partial charge is 0.466 e. The van der Waals surface area contributed by atoms with E-state index < -0.39 is 17.6 Å². The van der Waals surface area contributed by atoms with Gasteiger partial charge >= 0.3 is 11.9 Å². The van der Waals surface area contributed by atoms with Gasteiger partial charge in [0.2, 0.25) is 0 Å². The monoisotopic (exact) mass is 384 g/mol. The van der Waals surface area contributed by atoms with Gasteiger partial charge in [-0.2, -0.15) is 0 Å². The van der Waals surface area contributed by atoms with E-state index in [1.54, 1.807) is 0 Å². The third-order valence-electron chi connectivity index (χ3n) is 4.09. The lowest BCUT2D eigenvalue weighted by molar-refractivity contribution is -0.144. The van der Waals surface area contributed by atoms with Crippen molar-refractivity contribution in [1.29, 1.82) is 0 Å². The van der Waals surface area contributed by atoms with E-state index in [-0.39, 0.29) is 24.6 Å². The van der Waals surface area contributed by atoms with Gasteiger partial charge in [0.05, 0.1) is 6.61 Å². The van der Waals surface area contributed by atoms with Crippen LogP contribution in [0.1, 0.15) is 77.6 Å². The number of unbranched alkanes of at least 4 members (excludes halogenated alkanes) is 7. The van der Waals surface area contributed by atoms with Crippen LogP contribution in [0.5, 0.6) is 5.75 Å². The van der Waals surface area contributed by atoms with Gasteiger partial charge in [0.1, 0.15) is 17.4 Å². The average Bonchev–Trinajstić information content (AvgIpc) is 2.60. The highest BCUT2D eigenvalue weighted by molar-refractivity contribution is 5.72. The molecule has 1 aromatic carbocycles. The molecule has 4 nitrogen and oxygen atoms in total. The molecular weight excluding hydrogens is 354 g/mol. The van der Waals surface area contributed by atoms with Crippen molar-refractivity contribution in [3.8, 4) is 5.75 Å². The molecule has 0 saturated heterocycles. The van der Waals surface area contributed by atoms with Crippen LogP contribution in [0.3, 0.4) is 0 Å². The lowest BCUT2D eigenvalue weighted by atomic mass is 10.1. The second-order valence-corrected chi connectivity index (χ2v) is 6.63. The molecule has 0 heterocycles. The number of halogens is 2. The van der Waals surface area contributed by atoms with Crippen molar-refractivity contribution in [2.24, 2.45) is 0 Å². The number of esters is 2. The minimum atomic E-state index is -0.804. The maximum atomic E-state index is 13.0. The van der Waals surface area contributed by atoms with Gasteiger partial charge < -0.3 is 9.47 Å². The van der Waals surface area contributed by atoms with Gasteiger partial charge in [-0.3, -0.25) is 9.59 Å². The van der Waals surface area contributed by atoms with Crippen molar-refractivity contribution in [3.63, 3.8) is 0 Å². The fraction of sp³-hybridized carbons (Fsp3) is 0.619. The van der Waals surface area contributed by atoms with Crippen LogP contribution in [0, 0.1) is 11.6 Å². The van der Waals surface area contributed by atoms with Crippen molar-refractivity contribution in [3.05, 3.63) is 29.8 Å². The lowest BCUT2D eigenvalue weighted by Gasteiger charge is -2.06. The van der Waals surface area contributed by atoms with Crippen molar-refractivity contribution in [2.75, 3.05) is 6.61 Å². The number of ether oxygens (including phenoxy) is 2. The Kier molecular flexibility index (Phi) is 12.1. The lowest BCUT2D eigenvalue weighted by Crippen LogP contribution is -2.09. The van der Waals surface area contributed by atoms with Crippen LogP contribution in [-0.2, 0) is 14.3 Å². The van der Waals surface area contributed by atoms with Gasteiger partial charge in [-0.25, -0.2) is 8.78 Å². The standard InChI is InChI=1S/C21H30F2O4/c1-2-3-4-5-6-7-10-13-26-20(24)11-8-9-12-21(25)27-19-15-17(22)14-18(23)16-19/h14-16H,2-13H2,1H3. The molecule has 0 aliphatic rings. The van der Waals surface area contributed by atoms with Crippen LogP contribution in [0.15, 0.2) is 18.2 Å². The molecule has 0 spiro atoms. The first-order chi connectivity index (χ1) is 13.0. The molecule has 0 fully saturated rings. The predicted molar refractivity (Wildman–Crippen MR) is 99.4 cm³/mol. The summed E-state index contributed by atoms with van der Waals surface area (Å²) in [4.78, 5) is 23.2. The Balaban J connectivity index is 2.02. The van der Waals surface area contributed by atoms with E-state index in [2.05, 4.69) is 6.92 Å². The molecule has 0 N–H and O–H groups in total. The third-order valence-corrected chi connectivity index (χ3v) is 4.09. The first-order valence-electron chi connectivity index (χ1n) is 9.83. The van der Waals surface area contributed by atoms with E-state index in [4.69, 9.17) is 9.47 Å². The van der Waals surface area contributed by atoms with Crippen LogP contribution in [0.25, 0.3) is 0 Å². The maximum Gasteiger partial charge on any atom is 0.311 e. The van der Waals surface area contributed by atoms with Crippen molar-refractivity contribution in [1.82, 2.24) is 0 Å². The van der Waals surface area contributed by atoms with E-state index in [9.17, 15) is 18.4 Å². The number of carbonyl (C=O) groups excluding carboxylic acids is 2. The summed E-state index contributed by atoms with van der Waals surface area (Å²) in [6.45, 7) is 2.63. The molecular formula is C21H30F2O4. The van der Waals surface area contributed by atoms with Gasteiger partial charge in [0.15, 0.2) is 0 Å². The Morgan fingerprint density at radius 3 is 1.96 bits per heavy atom. The first kappa shape index (κ1) is 23.1. The van der Waals surface area contributed by atoms with E-state index >= 15 is 0 Å². The SMILES string of the molecule is CCCCCCCCCOC(=O)CCCCC(=O)Oc1cc(F)cc(F)c1. The third kappa shape index (κ3) is 12.1. The normalized spacial score (nSPS) is 10.6. The van der Waals surface area contributed by atoms with Gasteiger partial charge in [-0.1, -0.05) is 45.4 Å². The fourth-order valence-electron chi connectivity index (χ4n) is 2.63. The molecule has 1 rings (SSSR count). The zero-order valence-electron chi connectivity index (χ0n) is 16.1. The molecule has 0 saturated carbocycles. The maximum absolute atomic E-state index is 13.0. The number of hydrogen-bond acceptors (Lipinski definition) is 4. The topological polar surface area (TPSA) is 52.6 Å². The molecule has 0 aliphatic heterocycles. The Morgan fingerprint density at radius 2 is 1.33 bits per heavy atom. The Labute approximate surface area is 160 Å². The summed E-state index contributed by atoms with van der Waals surface area (Å²) < 4.78 is 36.1. The summed E-state index contributed by atoms with van der Waals surface area (Å²) in [5.74, 6) is -2.62. The molecule has 0 amide bonds. The Bertz CT molecular complexity index is 555. The van der Waals surface area contributed by atoms with E-state index in [0.29, 0.717) is 25.5 Å². The van der Waals surface area contributed by atoms with Crippen LogP contribution in [0.2, 0.25) is 0 Å². The van der Waals surface area contributed by atoms with Crippen LogP contribution < -0.4 is 4.74 Å². The second-order valence-electron chi connectivity index (χ2n) is 6.63. The molecule has 27 heavy (non-hydrogen) atoms. The van der Waals surface area contributed by atoms with E-state index in [1.807, 2.05) is 0 Å². The average molecular weight is 384 g/mol. The van der Waals surface area contributed by atoms with Gasteiger partial charge in [0.25, 0.3) is 0 Å². The second kappa shape index (κ2) is 14.1. The predicted octanol–water partition coefficient (Wildman–Crippen LogP) is 5.72. The highest BCUT2D eigenvalue weighted by Crippen LogP contribution is 2.16. The summed E-state index contributed by atoms with van der Waals surface area (Å²) in [5.41, 5.74) is 0. The molecule has 0 radical (unpaired) electrons. The van der Waals surface area contributed by atoms with Crippen molar-refractivity contribution >= 4 is 11.9 Å². The number of benzene rings is 1. The van der Waals surface area contributed by atoms with Crippen LogP contribution >= 0.6 is 0 Å². The fourth-order valence-corrected chi connectivity index (χ4v) is 2.63. The minimum absolute atomic E-state index is 0.0726. The van der Waals surface area contributed by atoms with Crippen molar-refractivity contribution in [2.45, 2.75) is 77.6 Å². The number of carbonyl (C=O) groups is 2. The van der Waals surface area contributed by atoms with Gasteiger partial charge in [-0.15, -0.1) is 0 Å². The van der Waals surface area contributed by atoms with E-state index in [0.717, 1.165) is 25.0 Å². The summed E-state index contributed by atoms with van der Waals surface area (Å²) >= 11 is 0. The highest BCUT2D eigenvalue weighted by atomic mass is 19.1. The number of hydrogen-bond donors (Lipinski definition) is 0. The van der Waals surface area contributed by atoms with Gasteiger partial charge in [-0.05, 0) is 19.3 Å². The molecule has 1 aromatic rings. The molecule has 6 heteroatoms. The summed E-state index contributed by atoms with van der Waals surface area (Å²) in [6, 6.07) is 2.60. The van der Waals surface area contributed by atoms with Gasteiger partial charge in [0, 0.05) is 31.0 Å². The Hall–Kier alpha value is -1.98.